The van der Waals surface area contributed by atoms with Crippen LogP contribution in [0.1, 0.15) is 43.9 Å². The van der Waals surface area contributed by atoms with Crippen molar-refractivity contribution in [1.29, 1.82) is 0 Å². The van der Waals surface area contributed by atoms with E-state index in [1.165, 1.54) is 6.07 Å². The quantitative estimate of drug-likeness (QED) is 0.581. The minimum Gasteiger partial charge on any atom is -0.394 e. The smallest absolute Gasteiger partial charge is 0.394 e. The zero-order chi connectivity index (χ0) is 20.5. The van der Waals surface area contributed by atoms with E-state index >= 15 is 0 Å². The summed E-state index contributed by atoms with van der Waals surface area (Å²) in [6, 6.07) is 4.70. The normalized spacial score (nSPS) is 15.6. The first-order valence-electron chi connectivity index (χ1n) is 9.07. The molecule has 0 unspecified atom stereocenters. The summed E-state index contributed by atoms with van der Waals surface area (Å²) in [6.45, 7) is 3.88. The number of alkyl halides is 3. The van der Waals surface area contributed by atoms with Gasteiger partial charge in [-0.05, 0) is 37.0 Å². The fraction of sp³-hybridized carbons (Fsp3) is 0.474. The number of aliphatic hydroxyl groups excluding tert-OH is 1. The van der Waals surface area contributed by atoms with Gasteiger partial charge in [0.2, 0.25) is 5.95 Å². The summed E-state index contributed by atoms with van der Waals surface area (Å²) in [6.07, 6.45) is -2.39. The van der Waals surface area contributed by atoms with Crippen molar-refractivity contribution in [1.82, 2.24) is 9.97 Å². The molecule has 0 aliphatic heterocycles. The zero-order valence-electron chi connectivity index (χ0n) is 15.5. The van der Waals surface area contributed by atoms with Gasteiger partial charge >= 0.3 is 6.18 Å². The van der Waals surface area contributed by atoms with Crippen molar-refractivity contribution in [2.75, 3.05) is 17.2 Å². The van der Waals surface area contributed by atoms with Crippen LogP contribution in [0.25, 0.3) is 0 Å². The molecular weight excluding hydrogens is 393 g/mol. The number of halogens is 4. The van der Waals surface area contributed by atoms with Gasteiger partial charge < -0.3 is 15.7 Å². The monoisotopic (exact) mass is 414 g/mol. The average Bonchev–Trinajstić information content (AvgIpc) is 3.45. The molecule has 0 spiro atoms. The van der Waals surface area contributed by atoms with Crippen molar-refractivity contribution in [3.05, 3.63) is 40.5 Å². The van der Waals surface area contributed by atoms with Crippen molar-refractivity contribution in [3.63, 3.8) is 0 Å². The standard InChI is InChI=1S/C19H22ClF3N4O/c1-10(2)16(9-28)26-18-25-15(11-3-4-11)8-17(27-18)24-14-6-5-12(7-13(14)20)19(21,22)23/h5-8,10-11,16,28H,3-4,9H2,1-2H3,(H2,24,25,26,27)/t16-/m1/s1. The second-order valence-corrected chi connectivity index (χ2v) is 7.68. The van der Waals surface area contributed by atoms with Gasteiger partial charge in [-0.15, -0.1) is 0 Å². The lowest BCUT2D eigenvalue weighted by Crippen LogP contribution is -2.30. The molecule has 1 saturated carbocycles. The number of hydrogen-bond acceptors (Lipinski definition) is 5. The molecule has 1 aliphatic rings. The van der Waals surface area contributed by atoms with E-state index in [9.17, 15) is 18.3 Å². The number of nitrogens with zero attached hydrogens (tertiary/aromatic N) is 2. The molecule has 0 bridgehead atoms. The highest BCUT2D eigenvalue weighted by Crippen LogP contribution is 2.40. The lowest BCUT2D eigenvalue weighted by Gasteiger charge is -2.21. The second kappa shape index (κ2) is 8.13. The highest BCUT2D eigenvalue weighted by Gasteiger charge is 2.31. The molecule has 152 valence electrons. The van der Waals surface area contributed by atoms with E-state index in [0.29, 0.717) is 23.4 Å². The summed E-state index contributed by atoms with van der Waals surface area (Å²) in [4.78, 5) is 8.92. The Kier molecular flexibility index (Phi) is 6.00. The third-order valence-electron chi connectivity index (χ3n) is 4.62. The van der Waals surface area contributed by atoms with Crippen LogP contribution >= 0.6 is 11.6 Å². The first-order chi connectivity index (χ1) is 13.2. The van der Waals surface area contributed by atoms with E-state index in [1.807, 2.05) is 13.8 Å². The average molecular weight is 415 g/mol. The molecule has 3 rings (SSSR count). The molecule has 0 radical (unpaired) electrons. The number of aromatic nitrogens is 2. The van der Waals surface area contributed by atoms with Crippen molar-refractivity contribution >= 4 is 29.1 Å². The number of aliphatic hydroxyl groups is 1. The molecule has 1 atom stereocenters. The molecule has 1 aromatic heterocycles. The van der Waals surface area contributed by atoms with E-state index in [2.05, 4.69) is 20.6 Å². The van der Waals surface area contributed by atoms with Crippen LogP contribution in [0.3, 0.4) is 0 Å². The Balaban J connectivity index is 1.87. The summed E-state index contributed by atoms with van der Waals surface area (Å²) >= 11 is 6.03. The van der Waals surface area contributed by atoms with Crippen LogP contribution in [0.5, 0.6) is 0 Å². The van der Waals surface area contributed by atoms with Gasteiger partial charge in [-0.2, -0.15) is 18.2 Å². The van der Waals surface area contributed by atoms with Gasteiger partial charge in [0.15, 0.2) is 0 Å². The van der Waals surface area contributed by atoms with Crippen LogP contribution in [0.15, 0.2) is 24.3 Å². The Morgan fingerprint density at radius 3 is 2.46 bits per heavy atom. The first kappa shape index (κ1) is 20.7. The Labute approximate surface area is 166 Å². The second-order valence-electron chi connectivity index (χ2n) is 7.27. The lowest BCUT2D eigenvalue weighted by atomic mass is 10.1. The molecule has 1 heterocycles. The Hall–Kier alpha value is -2.06. The Morgan fingerprint density at radius 2 is 1.93 bits per heavy atom. The molecule has 0 amide bonds. The molecule has 2 aromatic rings. The fourth-order valence-electron chi connectivity index (χ4n) is 2.70. The summed E-state index contributed by atoms with van der Waals surface area (Å²) in [5.74, 6) is 1.31. The SMILES string of the molecule is CC(C)[C@@H](CO)Nc1nc(Nc2ccc(C(F)(F)F)cc2Cl)cc(C2CC2)n1. The largest absolute Gasteiger partial charge is 0.416 e. The summed E-state index contributed by atoms with van der Waals surface area (Å²) in [5, 5.41) is 15.6. The third kappa shape index (κ3) is 5.05. The summed E-state index contributed by atoms with van der Waals surface area (Å²) < 4.78 is 38.5. The van der Waals surface area contributed by atoms with Gasteiger partial charge in [0.05, 0.1) is 34.6 Å². The third-order valence-corrected chi connectivity index (χ3v) is 4.93. The Morgan fingerprint density at radius 1 is 1.21 bits per heavy atom. The minimum absolute atomic E-state index is 0.0497. The van der Waals surface area contributed by atoms with Gasteiger partial charge in [0.25, 0.3) is 0 Å². The molecule has 28 heavy (non-hydrogen) atoms. The minimum atomic E-state index is -4.45. The predicted octanol–water partition coefficient (Wildman–Crippen LogP) is 5.20. The molecule has 1 aliphatic carbocycles. The number of rotatable bonds is 7. The van der Waals surface area contributed by atoms with Crippen molar-refractivity contribution in [2.45, 2.75) is 44.8 Å². The highest BCUT2D eigenvalue weighted by atomic mass is 35.5. The number of benzene rings is 1. The number of nitrogens with one attached hydrogen (secondary N) is 2. The van der Waals surface area contributed by atoms with Crippen molar-refractivity contribution < 1.29 is 18.3 Å². The molecule has 0 saturated heterocycles. The molecule has 1 aromatic carbocycles. The maximum Gasteiger partial charge on any atom is 0.416 e. The van der Waals surface area contributed by atoms with E-state index in [1.54, 1.807) is 6.07 Å². The van der Waals surface area contributed by atoms with E-state index in [0.717, 1.165) is 30.7 Å². The van der Waals surface area contributed by atoms with Crippen molar-refractivity contribution in [3.8, 4) is 0 Å². The number of anilines is 3. The molecule has 3 N–H and O–H groups in total. The summed E-state index contributed by atoms with van der Waals surface area (Å²) in [7, 11) is 0. The van der Waals surface area contributed by atoms with Gasteiger partial charge in [-0.25, -0.2) is 4.98 Å². The van der Waals surface area contributed by atoms with E-state index < -0.39 is 11.7 Å². The van der Waals surface area contributed by atoms with Gasteiger partial charge in [-0.3, -0.25) is 0 Å². The molecule has 5 nitrogen and oxygen atoms in total. The lowest BCUT2D eigenvalue weighted by molar-refractivity contribution is -0.137. The zero-order valence-corrected chi connectivity index (χ0v) is 16.3. The van der Waals surface area contributed by atoms with Crippen molar-refractivity contribution in [2.24, 2.45) is 5.92 Å². The highest BCUT2D eigenvalue weighted by molar-refractivity contribution is 6.33. The predicted molar refractivity (Wildman–Crippen MR) is 103 cm³/mol. The maximum atomic E-state index is 12.8. The first-order valence-corrected chi connectivity index (χ1v) is 9.45. The van der Waals surface area contributed by atoms with Gasteiger partial charge in [0, 0.05) is 12.0 Å². The maximum absolute atomic E-state index is 12.8. The van der Waals surface area contributed by atoms with Crippen LogP contribution < -0.4 is 10.6 Å². The van der Waals surface area contributed by atoms with Crippen LogP contribution in [0.2, 0.25) is 5.02 Å². The van der Waals surface area contributed by atoms with Crippen LogP contribution in [0.4, 0.5) is 30.6 Å². The topological polar surface area (TPSA) is 70.1 Å². The van der Waals surface area contributed by atoms with Crippen LogP contribution in [-0.2, 0) is 6.18 Å². The molecular formula is C19H22ClF3N4O. The molecule has 1 fully saturated rings. The fourth-order valence-corrected chi connectivity index (χ4v) is 2.93. The van der Waals surface area contributed by atoms with Gasteiger partial charge in [-0.1, -0.05) is 25.4 Å². The Bertz CT molecular complexity index is 840. The van der Waals surface area contributed by atoms with Crippen LogP contribution in [-0.4, -0.2) is 27.7 Å². The van der Waals surface area contributed by atoms with Crippen LogP contribution in [0, 0.1) is 5.92 Å². The van der Waals surface area contributed by atoms with E-state index in [-0.39, 0.29) is 23.6 Å². The summed E-state index contributed by atoms with van der Waals surface area (Å²) in [5.41, 5.74) is 0.363. The van der Waals surface area contributed by atoms with Gasteiger partial charge in [0.1, 0.15) is 5.82 Å². The molecule has 9 heteroatoms. The van der Waals surface area contributed by atoms with E-state index in [4.69, 9.17) is 11.6 Å². The number of hydrogen-bond donors (Lipinski definition) is 3.